The third-order valence-electron chi connectivity index (χ3n) is 7.52. The number of nitrogens with one attached hydrogen (secondary N) is 2. The van der Waals surface area contributed by atoms with E-state index in [0.29, 0.717) is 25.6 Å². The van der Waals surface area contributed by atoms with E-state index in [2.05, 4.69) is 25.6 Å². The van der Waals surface area contributed by atoms with Crippen molar-refractivity contribution in [1.29, 1.82) is 0 Å². The molecule has 1 fully saturated rings. The molecular formula is C27H29F7N6O3. The van der Waals surface area contributed by atoms with Gasteiger partial charge in [0.2, 0.25) is 12.3 Å². The number of pyridine rings is 1. The Bertz CT molecular complexity index is 1520. The highest BCUT2D eigenvalue weighted by Crippen LogP contribution is 2.45. The largest absolute Gasteiger partial charge is 0.474 e. The second kappa shape index (κ2) is 11.8. The number of benzene rings is 1. The van der Waals surface area contributed by atoms with Gasteiger partial charge in [-0.3, -0.25) is 0 Å². The van der Waals surface area contributed by atoms with Gasteiger partial charge in [-0.25, -0.2) is 22.5 Å². The lowest BCUT2D eigenvalue weighted by atomic mass is 9.89. The number of ether oxygens (including phenoxy) is 3. The maximum absolute atomic E-state index is 16.4. The monoisotopic (exact) mass is 618 g/mol. The lowest BCUT2D eigenvalue weighted by Crippen LogP contribution is -2.36. The quantitative estimate of drug-likeness (QED) is 0.265. The van der Waals surface area contributed by atoms with Crippen LogP contribution in [0, 0.1) is 24.0 Å². The average molecular weight is 619 g/mol. The van der Waals surface area contributed by atoms with Crippen LogP contribution in [0.15, 0.2) is 6.07 Å². The molecule has 0 bridgehead atoms. The molecule has 3 aromatic rings. The van der Waals surface area contributed by atoms with Gasteiger partial charge in [0.05, 0.1) is 29.4 Å². The first-order chi connectivity index (χ1) is 20.3. The normalized spacial score (nSPS) is 21.4. The summed E-state index contributed by atoms with van der Waals surface area (Å²) < 4.78 is 118. The molecule has 5 rings (SSSR count). The average Bonchev–Trinajstić information content (AvgIpc) is 3.42. The van der Waals surface area contributed by atoms with Crippen LogP contribution in [0.1, 0.15) is 30.9 Å². The van der Waals surface area contributed by atoms with Gasteiger partial charge in [-0.15, -0.1) is 0 Å². The molecule has 0 spiro atoms. The Morgan fingerprint density at radius 3 is 2.58 bits per heavy atom. The van der Waals surface area contributed by atoms with Crippen molar-refractivity contribution in [3.05, 3.63) is 28.8 Å². The molecule has 0 saturated carbocycles. The van der Waals surface area contributed by atoms with Crippen LogP contribution in [0.5, 0.6) is 11.9 Å². The number of alkyl halides is 5. The van der Waals surface area contributed by atoms with Gasteiger partial charge in [0.1, 0.15) is 34.8 Å². The van der Waals surface area contributed by atoms with Crippen molar-refractivity contribution in [1.82, 2.24) is 20.3 Å². The van der Waals surface area contributed by atoms with E-state index in [-0.39, 0.29) is 43.3 Å². The van der Waals surface area contributed by atoms with E-state index in [1.54, 1.807) is 6.92 Å². The van der Waals surface area contributed by atoms with Crippen LogP contribution in [0.25, 0.3) is 22.2 Å². The number of hydrogen-bond acceptors (Lipinski definition) is 9. The van der Waals surface area contributed by atoms with Crippen LogP contribution in [0.4, 0.5) is 42.2 Å². The van der Waals surface area contributed by atoms with Gasteiger partial charge >= 0.3 is 12.2 Å². The van der Waals surface area contributed by atoms with Crippen LogP contribution in [-0.4, -0.2) is 66.9 Å². The van der Waals surface area contributed by atoms with Gasteiger partial charge in [-0.05, 0) is 44.9 Å². The van der Waals surface area contributed by atoms with E-state index in [1.807, 2.05) is 0 Å². The molecule has 1 aromatic carbocycles. The lowest BCUT2D eigenvalue weighted by Gasteiger charge is -2.25. The van der Waals surface area contributed by atoms with Crippen molar-refractivity contribution in [2.75, 3.05) is 50.5 Å². The van der Waals surface area contributed by atoms with Crippen LogP contribution in [0.3, 0.4) is 0 Å². The smallest absolute Gasteiger partial charge is 0.417 e. The minimum atomic E-state index is -5.12. The molecule has 43 heavy (non-hydrogen) atoms. The summed E-state index contributed by atoms with van der Waals surface area (Å²) in [6.45, 7) is 3.05. The molecule has 16 heteroatoms. The Hall–Kier alpha value is -3.66. The Labute approximate surface area is 241 Å². The van der Waals surface area contributed by atoms with Gasteiger partial charge in [0, 0.05) is 25.3 Å². The number of anilines is 2. The SMILES string of the molecule is Cc1c(F)c(N)cc(-c2nc3c4c(nc(OCC5(C(F)F)CCOC5)nc4c2F)NCCNCC[C@H](C)O3)c1C(F)(F)F. The number of aromatic nitrogens is 3. The summed E-state index contributed by atoms with van der Waals surface area (Å²) in [5.41, 5.74) is -1.19. The molecular weight excluding hydrogens is 589 g/mol. The highest BCUT2D eigenvalue weighted by atomic mass is 19.4. The first-order valence-corrected chi connectivity index (χ1v) is 13.5. The number of nitrogens with two attached hydrogens (primary N) is 1. The lowest BCUT2D eigenvalue weighted by molar-refractivity contribution is -0.137. The van der Waals surface area contributed by atoms with Crippen LogP contribution < -0.4 is 25.8 Å². The van der Waals surface area contributed by atoms with E-state index in [1.165, 1.54) is 0 Å². The number of halogens is 7. The Balaban J connectivity index is 1.75. The van der Waals surface area contributed by atoms with Gasteiger partial charge in [0.15, 0.2) is 5.82 Å². The first kappa shape index (κ1) is 30.8. The van der Waals surface area contributed by atoms with E-state index in [4.69, 9.17) is 19.9 Å². The van der Waals surface area contributed by atoms with E-state index in [9.17, 15) is 26.3 Å². The molecule has 0 amide bonds. The highest BCUT2D eigenvalue weighted by molar-refractivity contribution is 5.96. The van der Waals surface area contributed by atoms with Crippen molar-refractivity contribution in [3.8, 4) is 23.1 Å². The fraction of sp³-hybridized carbons (Fsp3) is 0.519. The predicted molar refractivity (Wildman–Crippen MR) is 142 cm³/mol. The summed E-state index contributed by atoms with van der Waals surface area (Å²) in [6.07, 6.45) is -8.00. The zero-order valence-electron chi connectivity index (χ0n) is 23.2. The minimum Gasteiger partial charge on any atom is -0.474 e. The number of hydrogen-bond donors (Lipinski definition) is 3. The van der Waals surface area contributed by atoms with Gasteiger partial charge in [-0.2, -0.15) is 23.1 Å². The zero-order valence-corrected chi connectivity index (χ0v) is 23.2. The third kappa shape index (κ3) is 5.94. The summed E-state index contributed by atoms with van der Waals surface area (Å²) in [5, 5.41) is 6.06. The number of rotatable bonds is 5. The van der Waals surface area contributed by atoms with Gasteiger partial charge in [-0.1, -0.05) is 0 Å². The maximum atomic E-state index is 16.4. The van der Waals surface area contributed by atoms with E-state index < -0.39 is 82.0 Å². The first-order valence-electron chi connectivity index (χ1n) is 13.5. The summed E-state index contributed by atoms with van der Waals surface area (Å²) in [7, 11) is 0. The van der Waals surface area contributed by atoms with Crippen molar-refractivity contribution in [3.63, 3.8) is 0 Å². The minimum absolute atomic E-state index is 0.00110. The maximum Gasteiger partial charge on any atom is 0.417 e. The number of nitrogens with zero attached hydrogens (tertiary/aromatic N) is 3. The van der Waals surface area contributed by atoms with E-state index in [0.717, 1.165) is 6.92 Å². The van der Waals surface area contributed by atoms with E-state index >= 15 is 4.39 Å². The summed E-state index contributed by atoms with van der Waals surface area (Å²) in [4.78, 5) is 12.5. The second-order valence-corrected chi connectivity index (χ2v) is 10.6. The molecule has 234 valence electrons. The fourth-order valence-corrected chi connectivity index (χ4v) is 5.08. The zero-order chi connectivity index (χ0) is 31.1. The van der Waals surface area contributed by atoms with Crippen LogP contribution in [-0.2, 0) is 10.9 Å². The standard InChI is InChI=1S/C27H29F7N6O3/c1-12-3-5-36-6-7-37-22-16-21(39-25(40-22)42-11-26(24(30)31)4-8-41-10-26)19(29)20(38-23(16)43-12)14-9-15(35)18(28)13(2)17(14)27(32,33)34/h9,12,24,36H,3-8,10-11,35H2,1-2H3,(H,37,39,40)/t12-,26?/m0/s1. The molecule has 2 aliphatic rings. The summed E-state index contributed by atoms with van der Waals surface area (Å²) in [6, 6.07) is 0.142. The third-order valence-corrected chi connectivity index (χ3v) is 7.52. The van der Waals surface area contributed by atoms with Gasteiger partial charge < -0.3 is 30.6 Å². The summed E-state index contributed by atoms with van der Waals surface area (Å²) >= 11 is 0. The molecule has 0 aliphatic carbocycles. The molecule has 2 atom stereocenters. The van der Waals surface area contributed by atoms with Crippen LogP contribution >= 0.6 is 0 Å². The molecule has 9 nitrogen and oxygen atoms in total. The van der Waals surface area contributed by atoms with Gasteiger partial charge in [0.25, 0.3) is 0 Å². The summed E-state index contributed by atoms with van der Waals surface area (Å²) in [5.74, 6) is -2.97. The predicted octanol–water partition coefficient (Wildman–Crippen LogP) is 5.10. The topological polar surface area (TPSA) is 116 Å². The molecule has 2 aromatic heterocycles. The molecule has 0 radical (unpaired) electrons. The Morgan fingerprint density at radius 1 is 1.14 bits per heavy atom. The van der Waals surface area contributed by atoms with Crippen molar-refractivity contribution >= 4 is 22.4 Å². The van der Waals surface area contributed by atoms with Crippen LogP contribution in [0.2, 0.25) is 0 Å². The second-order valence-electron chi connectivity index (χ2n) is 10.6. The molecule has 1 saturated heterocycles. The fourth-order valence-electron chi connectivity index (χ4n) is 5.08. The molecule has 4 N–H and O–H groups in total. The van der Waals surface area contributed by atoms with Crippen molar-refractivity contribution in [2.24, 2.45) is 5.41 Å². The number of nitrogen functional groups attached to an aromatic ring is 1. The van der Waals surface area contributed by atoms with Crippen molar-refractivity contribution < 1.29 is 44.9 Å². The Kier molecular flexibility index (Phi) is 8.44. The molecule has 2 aliphatic heterocycles. The highest BCUT2D eigenvalue weighted by Gasteiger charge is 2.45. The Morgan fingerprint density at radius 2 is 1.91 bits per heavy atom. The van der Waals surface area contributed by atoms with Crippen molar-refractivity contribution in [2.45, 2.75) is 45.4 Å². The molecule has 1 unspecified atom stereocenters. The molecule has 4 heterocycles.